The number of benzene rings is 2. The zero-order valence-electron chi connectivity index (χ0n) is 16.7. The van der Waals surface area contributed by atoms with E-state index in [-0.39, 0.29) is 36.0 Å². The second kappa shape index (κ2) is 9.20. The predicted molar refractivity (Wildman–Crippen MR) is 109 cm³/mol. The van der Waals surface area contributed by atoms with Gasteiger partial charge in [0.05, 0.1) is 19.1 Å². The van der Waals surface area contributed by atoms with Gasteiger partial charge in [-0.1, -0.05) is 12.1 Å². The molecule has 0 amide bonds. The fourth-order valence-corrected chi connectivity index (χ4v) is 3.01. The van der Waals surface area contributed by atoms with E-state index < -0.39 is 22.2 Å². The van der Waals surface area contributed by atoms with Crippen molar-refractivity contribution in [3.05, 3.63) is 75.0 Å². The molecular formula is C20H19F2N5O4. The lowest BCUT2D eigenvalue weighted by molar-refractivity contribution is -0.385. The van der Waals surface area contributed by atoms with Crippen molar-refractivity contribution >= 4 is 17.5 Å². The number of aromatic nitrogens is 2. The lowest BCUT2D eigenvalue weighted by atomic mass is 10.1. The Bertz CT molecular complexity index is 1110. The van der Waals surface area contributed by atoms with Gasteiger partial charge < -0.3 is 20.5 Å². The minimum Gasteiger partial charge on any atom is -0.497 e. The highest BCUT2D eigenvalue weighted by molar-refractivity contribution is 5.62. The predicted octanol–water partition coefficient (Wildman–Crippen LogP) is 3.47. The Morgan fingerprint density at radius 2 is 1.84 bits per heavy atom. The maximum absolute atomic E-state index is 13.9. The van der Waals surface area contributed by atoms with Crippen LogP contribution in [-0.2, 0) is 13.0 Å². The molecule has 3 rings (SSSR count). The highest BCUT2D eigenvalue weighted by Crippen LogP contribution is 2.32. The largest absolute Gasteiger partial charge is 0.497 e. The van der Waals surface area contributed by atoms with Crippen molar-refractivity contribution in [2.45, 2.75) is 13.0 Å². The van der Waals surface area contributed by atoms with E-state index in [1.54, 1.807) is 18.2 Å². The van der Waals surface area contributed by atoms with Gasteiger partial charge in [-0.2, -0.15) is 4.98 Å². The summed E-state index contributed by atoms with van der Waals surface area (Å²) in [6, 6.07) is 8.38. The number of nitrogen functional groups attached to an aromatic ring is 1. The van der Waals surface area contributed by atoms with Crippen LogP contribution in [0.4, 0.5) is 26.2 Å². The van der Waals surface area contributed by atoms with Crippen LogP contribution in [0.2, 0.25) is 0 Å². The molecule has 0 fully saturated rings. The summed E-state index contributed by atoms with van der Waals surface area (Å²) in [6.07, 6.45) is -0.00105. The number of nitrogens with zero attached hydrogens (tertiary/aromatic N) is 3. The minimum atomic E-state index is -0.791. The van der Waals surface area contributed by atoms with E-state index >= 15 is 0 Å². The molecule has 0 saturated carbocycles. The Hall–Kier alpha value is -4.02. The fourth-order valence-electron chi connectivity index (χ4n) is 3.01. The van der Waals surface area contributed by atoms with E-state index in [0.29, 0.717) is 17.1 Å². The second-order valence-corrected chi connectivity index (χ2v) is 6.39. The molecule has 3 aromatic rings. The van der Waals surface area contributed by atoms with E-state index in [4.69, 9.17) is 15.2 Å². The first-order valence-electron chi connectivity index (χ1n) is 9.02. The van der Waals surface area contributed by atoms with Crippen LogP contribution in [0, 0.1) is 21.7 Å². The molecule has 0 unspecified atom stereocenters. The van der Waals surface area contributed by atoms with Gasteiger partial charge in [-0.25, -0.2) is 13.8 Å². The normalized spacial score (nSPS) is 10.6. The zero-order valence-corrected chi connectivity index (χ0v) is 16.7. The quantitative estimate of drug-likeness (QED) is 0.410. The van der Waals surface area contributed by atoms with Crippen molar-refractivity contribution in [1.29, 1.82) is 0 Å². The summed E-state index contributed by atoms with van der Waals surface area (Å²) < 4.78 is 38.3. The van der Waals surface area contributed by atoms with E-state index in [1.807, 2.05) is 0 Å². The van der Waals surface area contributed by atoms with Gasteiger partial charge in [-0.05, 0) is 18.2 Å². The number of halogens is 2. The third-order valence-corrected chi connectivity index (χ3v) is 4.50. The molecule has 0 aliphatic carbocycles. The first kappa shape index (κ1) is 21.7. The molecule has 0 atom stereocenters. The second-order valence-electron chi connectivity index (χ2n) is 6.39. The molecule has 0 spiro atoms. The molecule has 0 aliphatic heterocycles. The van der Waals surface area contributed by atoms with Gasteiger partial charge in [0, 0.05) is 30.2 Å². The molecule has 0 saturated heterocycles. The minimum absolute atomic E-state index is 0.00105. The van der Waals surface area contributed by atoms with Crippen LogP contribution < -0.4 is 20.5 Å². The first-order valence-corrected chi connectivity index (χ1v) is 9.02. The molecule has 0 aliphatic rings. The third-order valence-electron chi connectivity index (χ3n) is 4.50. The number of nitrogens with one attached hydrogen (secondary N) is 1. The maximum Gasteiger partial charge on any atom is 0.333 e. The number of nitro groups is 1. The Morgan fingerprint density at radius 1 is 1.13 bits per heavy atom. The molecule has 2 aromatic carbocycles. The van der Waals surface area contributed by atoms with Crippen LogP contribution in [0.1, 0.15) is 16.8 Å². The molecule has 0 bridgehead atoms. The van der Waals surface area contributed by atoms with Crippen molar-refractivity contribution in [3.8, 4) is 11.5 Å². The Kier molecular flexibility index (Phi) is 6.43. The first-order chi connectivity index (χ1) is 14.8. The Morgan fingerprint density at radius 3 is 2.45 bits per heavy atom. The van der Waals surface area contributed by atoms with Crippen molar-refractivity contribution in [1.82, 2.24) is 9.97 Å². The standard InChI is InChI=1S/C20H19F2N5O4/c1-30-12-7-6-11(17(9-12)31-2)8-16-18(27(28)29)19(26-20(23)25-16)24-10-13-14(21)4-3-5-15(13)22/h3-7,9H,8,10H2,1-2H3,(H3,23,24,25,26). The van der Waals surface area contributed by atoms with Crippen molar-refractivity contribution in [2.24, 2.45) is 0 Å². The number of hydrogen-bond donors (Lipinski definition) is 2. The van der Waals surface area contributed by atoms with Crippen LogP contribution in [-0.4, -0.2) is 29.1 Å². The summed E-state index contributed by atoms with van der Waals surface area (Å²) in [6.45, 7) is -0.374. The number of nitrogens with two attached hydrogens (primary N) is 1. The number of hydrogen-bond acceptors (Lipinski definition) is 8. The highest BCUT2D eigenvalue weighted by Gasteiger charge is 2.26. The van der Waals surface area contributed by atoms with Gasteiger partial charge in [0.1, 0.15) is 28.8 Å². The van der Waals surface area contributed by atoms with Crippen LogP contribution in [0.3, 0.4) is 0 Å². The maximum atomic E-state index is 13.9. The molecule has 1 heterocycles. The van der Waals surface area contributed by atoms with Crippen LogP contribution in [0.5, 0.6) is 11.5 Å². The summed E-state index contributed by atoms with van der Waals surface area (Å²) in [5, 5.41) is 14.4. The Balaban J connectivity index is 1.99. The topological polar surface area (TPSA) is 125 Å². The smallest absolute Gasteiger partial charge is 0.333 e. The lowest BCUT2D eigenvalue weighted by Crippen LogP contribution is -2.13. The average molecular weight is 431 g/mol. The zero-order chi connectivity index (χ0) is 22.5. The molecule has 3 N–H and O–H groups in total. The van der Waals surface area contributed by atoms with Crippen LogP contribution in [0.25, 0.3) is 0 Å². The highest BCUT2D eigenvalue weighted by atomic mass is 19.1. The number of anilines is 2. The summed E-state index contributed by atoms with van der Waals surface area (Å²) >= 11 is 0. The fraction of sp³-hybridized carbons (Fsp3) is 0.200. The third kappa shape index (κ3) is 4.77. The van der Waals surface area contributed by atoms with E-state index in [1.165, 1.54) is 20.3 Å². The summed E-state index contributed by atoms with van der Waals surface area (Å²) in [7, 11) is 2.96. The van der Waals surface area contributed by atoms with Gasteiger partial charge in [0.25, 0.3) is 0 Å². The molecule has 162 valence electrons. The summed E-state index contributed by atoms with van der Waals surface area (Å²) in [5.74, 6) is -1.08. The number of ether oxygens (including phenoxy) is 2. The SMILES string of the molecule is COc1ccc(Cc2nc(N)nc(NCc3c(F)cccc3F)c2[N+](=O)[O-])c(OC)c1. The van der Waals surface area contributed by atoms with E-state index in [0.717, 1.165) is 12.1 Å². The van der Waals surface area contributed by atoms with Crippen LogP contribution in [0.15, 0.2) is 36.4 Å². The molecule has 0 radical (unpaired) electrons. The van der Waals surface area contributed by atoms with Gasteiger partial charge in [-0.3, -0.25) is 10.1 Å². The van der Waals surface area contributed by atoms with Crippen LogP contribution >= 0.6 is 0 Å². The lowest BCUT2D eigenvalue weighted by Gasteiger charge is -2.13. The molecule has 11 heteroatoms. The molecule has 9 nitrogen and oxygen atoms in total. The molecule has 31 heavy (non-hydrogen) atoms. The number of methoxy groups -OCH3 is 2. The number of rotatable bonds is 8. The summed E-state index contributed by atoms with van der Waals surface area (Å²) in [4.78, 5) is 19.0. The van der Waals surface area contributed by atoms with E-state index in [2.05, 4.69) is 15.3 Å². The van der Waals surface area contributed by atoms with Gasteiger partial charge in [0.2, 0.25) is 11.8 Å². The van der Waals surface area contributed by atoms with Gasteiger partial charge in [-0.15, -0.1) is 0 Å². The van der Waals surface area contributed by atoms with Gasteiger partial charge in [0.15, 0.2) is 0 Å². The molecule has 1 aromatic heterocycles. The monoisotopic (exact) mass is 431 g/mol. The molecular weight excluding hydrogens is 412 g/mol. The van der Waals surface area contributed by atoms with E-state index in [9.17, 15) is 18.9 Å². The van der Waals surface area contributed by atoms with Crippen molar-refractivity contribution in [3.63, 3.8) is 0 Å². The van der Waals surface area contributed by atoms with Crippen molar-refractivity contribution < 1.29 is 23.2 Å². The average Bonchev–Trinajstić information content (AvgIpc) is 2.73. The van der Waals surface area contributed by atoms with Gasteiger partial charge >= 0.3 is 5.69 Å². The Labute approximate surface area is 176 Å². The van der Waals surface area contributed by atoms with Crippen molar-refractivity contribution in [2.75, 3.05) is 25.3 Å². The summed E-state index contributed by atoms with van der Waals surface area (Å²) in [5.41, 5.74) is 5.61.